The van der Waals surface area contributed by atoms with Crippen molar-refractivity contribution in [2.24, 2.45) is 7.05 Å². The highest BCUT2D eigenvalue weighted by Crippen LogP contribution is 2.31. The minimum Gasteiger partial charge on any atom is -0.369 e. The molecule has 8 heteroatoms. The Morgan fingerprint density at radius 1 is 1.14 bits per heavy atom. The normalized spacial score (nSPS) is 16.4. The molecule has 188 valence electrons. The number of aryl methyl sites for hydroxylation is 2. The number of anilines is 3. The van der Waals surface area contributed by atoms with Crippen molar-refractivity contribution >= 4 is 34.1 Å². The van der Waals surface area contributed by atoms with Crippen molar-refractivity contribution < 1.29 is 4.79 Å². The van der Waals surface area contributed by atoms with Gasteiger partial charge in [-0.2, -0.15) is 5.10 Å². The fourth-order valence-corrected chi connectivity index (χ4v) is 4.79. The molecule has 1 aliphatic heterocycles. The smallest absolute Gasteiger partial charge is 0.251 e. The molecule has 1 saturated heterocycles. The lowest BCUT2D eigenvalue weighted by Crippen LogP contribution is -2.47. The van der Waals surface area contributed by atoms with Crippen LogP contribution in [0.5, 0.6) is 0 Å². The van der Waals surface area contributed by atoms with Crippen molar-refractivity contribution in [3.8, 4) is 0 Å². The third-order valence-corrected chi connectivity index (χ3v) is 7.02. The minimum atomic E-state index is -0.0146. The fourth-order valence-electron chi connectivity index (χ4n) is 4.79. The first kappa shape index (κ1) is 23.9. The highest BCUT2D eigenvalue weighted by Gasteiger charge is 2.24. The zero-order valence-corrected chi connectivity index (χ0v) is 21.7. The molecule has 1 amide bonds. The highest BCUT2D eigenvalue weighted by atomic mass is 16.1. The molecule has 1 unspecified atom stereocenters. The number of imidazole rings is 1. The van der Waals surface area contributed by atoms with Crippen molar-refractivity contribution in [3.63, 3.8) is 0 Å². The molecule has 3 N–H and O–H groups in total. The van der Waals surface area contributed by atoms with Gasteiger partial charge in [0.15, 0.2) is 5.82 Å². The van der Waals surface area contributed by atoms with Crippen molar-refractivity contribution in [3.05, 3.63) is 65.6 Å². The Balaban J connectivity index is 1.32. The molecule has 36 heavy (non-hydrogen) atoms. The van der Waals surface area contributed by atoms with E-state index in [1.165, 1.54) is 5.56 Å². The van der Waals surface area contributed by atoms with Crippen LogP contribution in [0.1, 0.15) is 55.2 Å². The van der Waals surface area contributed by atoms with Gasteiger partial charge >= 0.3 is 0 Å². The van der Waals surface area contributed by atoms with Gasteiger partial charge in [0.25, 0.3) is 5.91 Å². The third-order valence-electron chi connectivity index (χ3n) is 7.02. The van der Waals surface area contributed by atoms with E-state index in [1.807, 2.05) is 36.9 Å². The Morgan fingerprint density at radius 2 is 1.92 bits per heavy atom. The number of nitrogens with one attached hydrogen (secondary N) is 3. The van der Waals surface area contributed by atoms with Gasteiger partial charge in [-0.1, -0.05) is 32.9 Å². The van der Waals surface area contributed by atoms with E-state index in [-0.39, 0.29) is 17.4 Å². The van der Waals surface area contributed by atoms with E-state index in [4.69, 9.17) is 0 Å². The van der Waals surface area contributed by atoms with Gasteiger partial charge in [-0.3, -0.25) is 9.48 Å². The minimum absolute atomic E-state index is 0.0146. The third kappa shape index (κ3) is 4.94. The summed E-state index contributed by atoms with van der Waals surface area (Å²) < 4.78 is 1.85. The number of hydrogen-bond acceptors (Lipinski definition) is 5. The quantitative estimate of drug-likeness (QED) is 0.368. The predicted octanol–water partition coefficient (Wildman–Crippen LogP) is 5.04. The Bertz CT molecular complexity index is 1360. The number of nitrogens with zero attached hydrogens (tertiary/aromatic N) is 4. The first-order chi connectivity index (χ1) is 17.2. The second-order valence-electron chi connectivity index (χ2n) is 10.8. The van der Waals surface area contributed by atoms with Crippen LogP contribution in [-0.4, -0.2) is 44.8 Å². The average Bonchev–Trinajstić information content (AvgIpc) is 3.44. The summed E-state index contributed by atoms with van der Waals surface area (Å²) in [6, 6.07) is 14.3. The van der Waals surface area contributed by atoms with Gasteiger partial charge in [0.2, 0.25) is 0 Å². The second kappa shape index (κ2) is 9.33. The number of H-pyrrole nitrogens is 1. The van der Waals surface area contributed by atoms with Crippen LogP contribution in [-0.2, 0) is 12.5 Å². The molecule has 2 aromatic heterocycles. The molecule has 3 heterocycles. The molecule has 1 atom stereocenters. The number of hydrogen-bond donors (Lipinski definition) is 3. The molecule has 0 radical (unpaired) electrons. The van der Waals surface area contributed by atoms with Gasteiger partial charge in [-0.25, -0.2) is 4.98 Å². The van der Waals surface area contributed by atoms with E-state index < -0.39 is 0 Å². The largest absolute Gasteiger partial charge is 0.369 e. The van der Waals surface area contributed by atoms with Crippen molar-refractivity contribution in [1.82, 2.24) is 25.1 Å². The molecule has 8 nitrogen and oxygen atoms in total. The van der Waals surface area contributed by atoms with E-state index >= 15 is 0 Å². The summed E-state index contributed by atoms with van der Waals surface area (Å²) in [5.41, 5.74) is 6.92. The van der Waals surface area contributed by atoms with E-state index in [0.717, 1.165) is 59.9 Å². The molecule has 5 rings (SSSR count). The summed E-state index contributed by atoms with van der Waals surface area (Å²) >= 11 is 0. The van der Waals surface area contributed by atoms with E-state index in [1.54, 1.807) is 6.33 Å². The number of aromatic nitrogens is 4. The SMILES string of the molecule is Cc1cc(Nc2cc(N3CCCC(NC(=O)c4ccc(C(C)(C)C)cc4)C3)cc3[nH]cnc23)nn1C. The maximum absolute atomic E-state index is 13.0. The Kier molecular flexibility index (Phi) is 6.20. The van der Waals surface area contributed by atoms with Crippen LogP contribution in [0.3, 0.4) is 0 Å². The van der Waals surface area contributed by atoms with Crippen molar-refractivity contribution in [2.75, 3.05) is 23.3 Å². The Morgan fingerprint density at radius 3 is 2.61 bits per heavy atom. The summed E-state index contributed by atoms with van der Waals surface area (Å²) in [5.74, 6) is 0.775. The Labute approximate surface area is 212 Å². The topological polar surface area (TPSA) is 90.9 Å². The van der Waals surface area contributed by atoms with Gasteiger partial charge in [-0.05, 0) is 55.0 Å². The molecule has 0 bridgehead atoms. The van der Waals surface area contributed by atoms with Crippen LogP contribution < -0.4 is 15.5 Å². The number of carbonyl (C=O) groups excluding carboxylic acids is 1. The number of fused-ring (bicyclic) bond motifs is 1. The average molecular weight is 486 g/mol. The van der Waals surface area contributed by atoms with Crippen LogP contribution in [0.2, 0.25) is 0 Å². The van der Waals surface area contributed by atoms with E-state index in [2.05, 4.69) is 75.6 Å². The highest BCUT2D eigenvalue weighted by molar-refractivity contribution is 5.95. The number of rotatable bonds is 5. The monoisotopic (exact) mass is 485 g/mol. The van der Waals surface area contributed by atoms with Crippen molar-refractivity contribution in [1.29, 1.82) is 0 Å². The molecule has 1 aliphatic rings. The molecule has 0 saturated carbocycles. The molecular weight excluding hydrogens is 450 g/mol. The maximum Gasteiger partial charge on any atom is 0.251 e. The van der Waals surface area contributed by atoms with Crippen LogP contribution in [0.4, 0.5) is 17.2 Å². The van der Waals surface area contributed by atoms with Crippen LogP contribution >= 0.6 is 0 Å². The first-order valence-electron chi connectivity index (χ1n) is 12.6. The van der Waals surface area contributed by atoms with Gasteiger partial charge < -0.3 is 20.5 Å². The molecule has 1 fully saturated rings. The zero-order valence-electron chi connectivity index (χ0n) is 21.7. The van der Waals surface area contributed by atoms with E-state index in [9.17, 15) is 4.79 Å². The molecule has 4 aromatic rings. The lowest BCUT2D eigenvalue weighted by molar-refractivity contribution is 0.0933. The molecule has 0 spiro atoms. The number of aromatic amines is 1. The summed E-state index contributed by atoms with van der Waals surface area (Å²) in [4.78, 5) is 23.1. The van der Waals surface area contributed by atoms with Crippen LogP contribution in [0.25, 0.3) is 11.0 Å². The first-order valence-corrected chi connectivity index (χ1v) is 12.6. The van der Waals surface area contributed by atoms with Gasteiger partial charge in [0.05, 0.1) is 17.5 Å². The van der Waals surface area contributed by atoms with E-state index in [0.29, 0.717) is 5.56 Å². The number of piperidine rings is 1. The lowest BCUT2D eigenvalue weighted by Gasteiger charge is -2.35. The Hall–Kier alpha value is -3.81. The van der Waals surface area contributed by atoms with Gasteiger partial charge in [0, 0.05) is 49.2 Å². The summed E-state index contributed by atoms with van der Waals surface area (Å²) in [6.45, 7) is 10.3. The lowest BCUT2D eigenvalue weighted by atomic mass is 9.86. The maximum atomic E-state index is 13.0. The van der Waals surface area contributed by atoms with Gasteiger partial charge in [-0.15, -0.1) is 0 Å². The predicted molar refractivity (Wildman–Crippen MR) is 145 cm³/mol. The molecule has 0 aliphatic carbocycles. The zero-order chi connectivity index (χ0) is 25.4. The number of benzene rings is 2. The number of amides is 1. The molecule has 2 aromatic carbocycles. The van der Waals surface area contributed by atoms with Crippen LogP contribution in [0.15, 0.2) is 48.8 Å². The van der Waals surface area contributed by atoms with Crippen LogP contribution in [0, 0.1) is 6.92 Å². The van der Waals surface area contributed by atoms with Gasteiger partial charge in [0.1, 0.15) is 5.52 Å². The molecular formula is C28H35N7O. The van der Waals surface area contributed by atoms with Crippen molar-refractivity contribution in [2.45, 2.75) is 52.0 Å². The number of carbonyl (C=O) groups is 1. The summed E-state index contributed by atoms with van der Waals surface area (Å²) in [5, 5.41) is 11.2. The second-order valence-corrected chi connectivity index (χ2v) is 10.8. The fraction of sp³-hybridized carbons (Fsp3) is 0.393. The standard InChI is InChI=1S/C28H35N7O/c1-18-13-25(33-34(18)5)32-24-15-22(14-23-26(24)30-17-29-23)35-12-6-7-21(16-35)31-27(36)19-8-10-20(11-9-19)28(2,3)4/h8-11,13-15,17,21H,6-7,12,16H2,1-5H3,(H,29,30)(H,31,36)(H,32,33). The summed E-state index contributed by atoms with van der Waals surface area (Å²) in [6.07, 6.45) is 3.69. The summed E-state index contributed by atoms with van der Waals surface area (Å²) in [7, 11) is 1.93.